The third kappa shape index (κ3) is 6.02. The van der Waals surface area contributed by atoms with Crippen LogP contribution in [0, 0.1) is 6.92 Å². The van der Waals surface area contributed by atoms with Crippen molar-refractivity contribution in [2.75, 3.05) is 0 Å². The summed E-state index contributed by atoms with van der Waals surface area (Å²) in [6, 6.07) is 15.8. The summed E-state index contributed by atoms with van der Waals surface area (Å²) in [7, 11) is 0. The van der Waals surface area contributed by atoms with Crippen LogP contribution >= 0.6 is 0 Å². The number of benzene rings is 2. The zero-order valence-electron chi connectivity index (χ0n) is 11.7. The minimum atomic E-state index is -0.833. The van der Waals surface area contributed by atoms with Crippen LogP contribution in [0.5, 0.6) is 11.5 Å². The average molecular weight is 273 g/mol. The summed E-state index contributed by atoms with van der Waals surface area (Å²) in [5, 5.41) is 7.42. The van der Waals surface area contributed by atoms with Crippen molar-refractivity contribution in [1.29, 1.82) is 0 Å². The van der Waals surface area contributed by atoms with Crippen molar-refractivity contribution in [3.8, 4) is 11.5 Å². The van der Waals surface area contributed by atoms with Crippen molar-refractivity contribution in [3.05, 3.63) is 59.7 Å². The first-order chi connectivity index (χ1) is 9.51. The molecule has 0 amide bonds. The van der Waals surface area contributed by atoms with Gasteiger partial charge >= 0.3 is 0 Å². The van der Waals surface area contributed by atoms with Crippen molar-refractivity contribution < 1.29 is 14.6 Å². The summed E-state index contributed by atoms with van der Waals surface area (Å²) in [4.78, 5) is 9.00. The van der Waals surface area contributed by atoms with Crippen molar-refractivity contribution in [3.63, 3.8) is 0 Å². The average Bonchev–Trinajstić information content (AvgIpc) is 2.42. The minimum Gasteiger partial charge on any atom is -0.481 e. The van der Waals surface area contributed by atoms with E-state index in [1.165, 1.54) is 5.56 Å². The number of hydrogen-bond donors (Lipinski definition) is 2. The second-order valence-electron chi connectivity index (χ2n) is 4.28. The minimum absolute atomic E-state index is 0.560. The Morgan fingerprint density at radius 1 is 1.05 bits per heavy atom. The van der Waals surface area contributed by atoms with Gasteiger partial charge in [0.1, 0.15) is 11.5 Å². The number of nitrogens with two attached hydrogens (primary N) is 1. The maximum Gasteiger partial charge on any atom is 0.300 e. The highest BCUT2D eigenvalue weighted by atomic mass is 16.5. The molecule has 20 heavy (non-hydrogen) atoms. The molecule has 4 nitrogen and oxygen atoms in total. The highest BCUT2D eigenvalue weighted by Gasteiger charge is 1.96. The summed E-state index contributed by atoms with van der Waals surface area (Å²) >= 11 is 0. The molecule has 0 unspecified atom stereocenters. The molecule has 0 aromatic heterocycles. The topological polar surface area (TPSA) is 72.5 Å². The highest BCUT2D eigenvalue weighted by Crippen LogP contribution is 2.21. The summed E-state index contributed by atoms with van der Waals surface area (Å²) in [6.45, 7) is 3.70. The molecule has 2 rings (SSSR count). The molecule has 0 aliphatic rings. The van der Waals surface area contributed by atoms with Gasteiger partial charge in [0.2, 0.25) is 0 Å². The number of carboxylic acids is 1. The molecule has 0 fully saturated rings. The molecule has 4 heteroatoms. The molecule has 0 saturated heterocycles. The van der Waals surface area contributed by atoms with E-state index in [1.807, 2.05) is 48.5 Å². The third-order valence-corrected chi connectivity index (χ3v) is 2.42. The van der Waals surface area contributed by atoms with Gasteiger partial charge in [0, 0.05) is 13.5 Å². The molecule has 106 valence electrons. The Kier molecular flexibility index (Phi) is 6.26. The van der Waals surface area contributed by atoms with Gasteiger partial charge in [-0.15, -0.1) is 0 Å². The van der Waals surface area contributed by atoms with E-state index in [0.29, 0.717) is 6.54 Å². The van der Waals surface area contributed by atoms with Gasteiger partial charge in [0.15, 0.2) is 0 Å². The number of ether oxygens (including phenoxy) is 1. The predicted octanol–water partition coefficient (Wildman–Crippen LogP) is 3.34. The largest absolute Gasteiger partial charge is 0.481 e. The van der Waals surface area contributed by atoms with Crippen LogP contribution in [0.25, 0.3) is 0 Å². The third-order valence-electron chi connectivity index (χ3n) is 2.42. The summed E-state index contributed by atoms with van der Waals surface area (Å²) in [6.07, 6.45) is 0. The number of rotatable bonds is 3. The van der Waals surface area contributed by atoms with E-state index in [9.17, 15) is 0 Å². The van der Waals surface area contributed by atoms with Gasteiger partial charge in [-0.3, -0.25) is 4.79 Å². The van der Waals surface area contributed by atoms with Crippen LogP contribution in [-0.2, 0) is 11.3 Å². The van der Waals surface area contributed by atoms with E-state index >= 15 is 0 Å². The number of hydrogen-bond acceptors (Lipinski definition) is 3. The van der Waals surface area contributed by atoms with Crippen LogP contribution in [-0.4, -0.2) is 11.1 Å². The second kappa shape index (κ2) is 7.96. The fourth-order valence-electron chi connectivity index (χ4n) is 1.44. The summed E-state index contributed by atoms with van der Waals surface area (Å²) in [5.74, 6) is 0.854. The Labute approximate surface area is 118 Å². The molecule has 2 aromatic rings. The smallest absolute Gasteiger partial charge is 0.300 e. The fourth-order valence-corrected chi connectivity index (χ4v) is 1.44. The normalized spacial score (nSPS) is 9.35. The van der Waals surface area contributed by atoms with Gasteiger partial charge in [0.25, 0.3) is 5.97 Å². The Morgan fingerprint density at radius 3 is 1.85 bits per heavy atom. The van der Waals surface area contributed by atoms with E-state index in [2.05, 4.69) is 6.92 Å². The Balaban J connectivity index is 0.000000444. The van der Waals surface area contributed by atoms with Gasteiger partial charge in [0.05, 0.1) is 0 Å². The number of aryl methyl sites for hydroxylation is 1. The van der Waals surface area contributed by atoms with Crippen molar-refractivity contribution in [2.45, 2.75) is 20.4 Å². The maximum atomic E-state index is 9.00. The lowest BCUT2D eigenvalue weighted by Gasteiger charge is -2.06. The van der Waals surface area contributed by atoms with Crippen LogP contribution in [0.4, 0.5) is 0 Å². The van der Waals surface area contributed by atoms with E-state index in [0.717, 1.165) is 24.0 Å². The predicted molar refractivity (Wildman–Crippen MR) is 78.9 cm³/mol. The van der Waals surface area contributed by atoms with E-state index < -0.39 is 5.97 Å². The number of carbonyl (C=O) groups is 1. The summed E-state index contributed by atoms with van der Waals surface area (Å²) < 4.78 is 5.69. The van der Waals surface area contributed by atoms with Crippen LogP contribution in [0.3, 0.4) is 0 Å². The number of aliphatic carboxylic acids is 1. The van der Waals surface area contributed by atoms with Crippen LogP contribution in [0.15, 0.2) is 48.5 Å². The Morgan fingerprint density at radius 2 is 1.45 bits per heavy atom. The van der Waals surface area contributed by atoms with Gasteiger partial charge in [-0.05, 0) is 36.8 Å². The van der Waals surface area contributed by atoms with Gasteiger partial charge in [-0.25, -0.2) is 0 Å². The molecule has 0 spiro atoms. The van der Waals surface area contributed by atoms with Crippen molar-refractivity contribution in [2.24, 2.45) is 5.73 Å². The van der Waals surface area contributed by atoms with Gasteiger partial charge in [-0.2, -0.15) is 0 Å². The molecule has 0 aliphatic heterocycles. The highest BCUT2D eigenvalue weighted by molar-refractivity contribution is 5.62. The Bertz CT molecular complexity index is 529. The molecule has 0 bridgehead atoms. The molecule has 3 N–H and O–H groups in total. The molecule has 0 heterocycles. The van der Waals surface area contributed by atoms with Crippen LogP contribution in [0.2, 0.25) is 0 Å². The van der Waals surface area contributed by atoms with E-state index in [-0.39, 0.29) is 0 Å². The summed E-state index contributed by atoms with van der Waals surface area (Å²) in [5.41, 5.74) is 7.86. The molecule has 0 atom stereocenters. The van der Waals surface area contributed by atoms with E-state index in [1.54, 1.807) is 0 Å². The molecule has 0 radical (unpaired) electrons. The first-order valence-corrected chi connectivity index (χ1v) is 6.24. The molecular formula is C16H19NO3. The lowest BCUT2D eigenvalue weighted by Crippen LogP contribution is -1.95. The monoisotopic (exact) mass is 273 g/mol. The SMILES string of the molecule is CC(=O)O.Cc1ccc(Oc2ccc(CN)cc2)cc1. The zero-order chi connectivity index (χ0) is 15.0. The zero-order valence-corrected chi connectivity index (χ0v) is 11.7. The number of carboxylic acid groups (broad SMARTS) is 1. The standard InChI is InChI=1S/C14H15NO.C2H4O2/c1-11-2-6-13(7-3-11)16-14-8-4-12(10-15)5-9-14;1-2(3)4/h2-9H,10,15H2,1H3;1H3,(H,3,4). The molecule has 0 saturated carbocycles. The van der Waals surface area contributed by atoms with E-state index in [4.69, 9.17) is 20.4 Å². The Hall–Kier alpha value is -2.33. The quantitative estimate of drug-likeness (QED) is 0.899. The van der Waals surface area contributed by atoms with Crippen molar-refractivity contribution >= 4 is 5.97 Å². The fraction of sp³-hybridized carbons (Fsp3) is 0.188. The van der Waals surface area contributed by atoms with Gasteiger partial charge in [-0.1, -0.05) is 29.8 Å². The maximum absolute atomic E-state index is 9.00. The first-order valence-electron chi connectivity index (χ1n) is 6.24. The van der Waals surface area contributed by atoms with Crippen LogP contribution in [0.1, 0.15) is 18.1 Å². The van der Waals surface area contributed by atoms with Gasteiger partial charge < -0.3 is 15.6 Å². The molecule has 2 aromatic carbocycles. The van der Waals surface area contributed by atoms with Crippen LogP contribution < -0.4 is 10.5 Å². The lowest BCUT2D eigenvalue weighted by atomic mass is 10.2. The molecular weight excluding hydrogens is 254 g/mol. The first kappa shape index (κ1) is 15.7. The van der Waals surface area contributed by atoms with Crippen molar-refractivity contribution in [1.82, 2.24) is 0 Å². The second-order valence-corrected chi connectivity index (χ2v) is 4.28. The molecule has 0 aliphatic carbocycles. The lowest BCUT2D eigenvalue weighted by molar-refractivity contribution is -0.134.